The number of carbonyl (C=O) groups excluding carboxylic acids is 3. The lowest BCUT2D eigenvalue weighted by Crippen LogP contribution is -2.56. The quantitative estimate of drug-likeness (QED) is 0.243. The third-order valence-electron chi connectivity index (χ3n) is 9.84. The second-order valence-corrected chi connectivity index (χ2v) is 14.2. The van der Waals surface area contributed by atoms with E-state index in [1.165, 1.54) is 4.90 Å². The fraction of sp³-hybridized carbons (Fsp3) is 0.806. The number of fused-ring (bicyclic) bond motifs is 2. The van der Waals surface area contributed by atoms with Gasteiger partial charge in [0.05, 0.1) is 18.3 Å². The number of amides is 3. The predicted molar refractivity (Wildman–Crippen MR) is 164 cm³/mol. The van der Waals surface area contributed by atoms with Crippen molar-refractivity contribution in [1.29, 1.82) is 0 Å². The minimum absolute atomic E-state index is 0.0266. The lowest BCUT2D eigenvalue weighted by molar-refractivity contribution is -0.145. The maximum atomic E-state index is 14.2. The number of hydrogen-bond donors (Lipinski definition) is 6. The van der Waals surface area contributed by atoms with Gasteiger partial charge in [0.1, 0.15) is 23.2 Å². The van der Waals surface area contributed by atoms with E-state index in [1.54, 1.807) is 27.9 Å². The number of carboxylic acids is 1. The van der Waals surface area contributed by atoms with Crippen LogP contribution in [0.5, 0.6) is 0 Å². The Balaban J connectivity index is 1.35. The van der Waals surface area contributed by atoms with Gasteiger partial charge in [0, 0.05) is 19.6 Å². The van der Waals surface area contributed by atoms with Gasteiger partial charge < -0.3 is 30.1 Å². The van der Waals surface area contributed by atoms with Crippen LogP contribution in [-0.2, 0) is 23.9 Å². The SMILES string of the molecule is COC1CCC(C2NNN([C@@H]3C[C@H]4C(=O)N[C@]5(C(=O)O)C[C@H]5/C=C\CCCCC[C@H](NC(=O)OC(C)(C)C)C(=O)N4C3)N2)CC1. The van der Waals surface area contributed by atoms with Crippen LogP contribution in [-0.4, -0.2) is 94.2 Å². The third-order valence-corrected chi connectivity index (χ3v) is 9.84. The molecule has 0 bridgehead atoms. The molecule has 3 amide bonds. The zero-order valence-corrected chi connectivity index (χ0v) is 27.0. The molecule has 6 N–H and O–H groups in total. The molecule has 0 aromatic heterocycles. The van der Waals surface area contributed by atoms with Gasteiger partial charge in [-0.05, 0) is 84.5 Å². The van der Waals surface area contributed by atoms with E-state index in [4.69, 9.17) is 9.47 Å². The lowest BCUT2D eigenvalue weighted by Gasteiger charge is -2.31. The molecule has 1 unspecified atom stereocenters. The van der Waals surface area contributed by atoms with Crippen molar-refractivity contribution >= 4 is 23.9 Å². The summed E-state index contributed by atoms with van der Waals surface area (Å²) in [5.74, 6) is -1.88. The molecule has 3 aliphatic heterocycles. The Morgan fingerprint density at radius 2 is 1.84 bits per heavy atom. The van der Waals surface area contributed by atoms with Crippen LogP contribution in [0.15, 0.2) is 12.2 Å². The highest BCUT2D eigenvalue weighted by atomic mass is 16.6. The number of rotatable bonds is 5. The Bertz CT molecular complexity index is 1140. The van der Waals surface area contributed by atoms with Crippen LogP contribution >= 0.6 is 0 Å². The summed E-state index contributed by atoms with van der Waals surface area (Å²) < 4.78 is 11.0. The van der Waals surface area contributed by atoms with Crippen LogP contribution in [0.25, 0.3) is 0 Å². The Morgan fingerprint density at radius 3 is 2.53 bits per heavy atom. The number of carboxylic acid groups (broad SMARTS) is 1. The molecule has 0 spiro atoms. The normalized spacial score (nSPS) is 37.4. The number of aliphatic carboxylic acids is 1. The number of nitrogens with one attached hydrogen (secondary N) is 5. The number of methoxy groups -OCH3 is 1. The summed E-state index contributed by atoms with van der Waals surface area (Å²) in [6, 6.07) is -2.11. The van der Waals surface area contributed by atoms with Crippen molar-refractivity contribution in [2.45, 2.75) is 133 Å². The lowest BCUT2D eigenvalue weighted by atomic mass is 9.85. The first-order valence-electron chi connectivity index (χ1n) is 16.5. The first kappa shape index (κ1) is 33.6. The molecule has 2 saturated carbocycles. The van der Waals surface area contributed by atoms with Crippen molar-refractivity contribution in [1.82, 2.24) is 37.0 Å². The first-order chi connectivity index (χ1) is 21.4. The molecule has 0 aromatic rings. The summed E-state index contributed by atoms with van der Waals surface area (Å²) in [5, 5.41) is 17.5. The largest absolute Gasteiger partial charge is 0.479 e. The van der Waals surface area contributed by atoms with Crippen molar-refractivity contribution < 1.29 is 33.8 Å². The van der Waals surface area contributed by atoms with Gasteiger partial charge in [-0.3, -0.25) is 9.59 Å². The molecular formula is C31H51N7O7. The number of hydrazine groups is 3. The Kier molecular flexibility index (Phi) is 10.4. The molecule has 0 radical (unpaired) electrons. The molecule has 14 nitrogen and oxygen atoms in total. The van der Waals surface area contributed by atoms with Crippen LogP contribution < -0.4 is 27.0 Å². The predicted octanol–water partition coefficient (Wildman–Crippen LogP) is 1.69. The summed E-state index contributed by atoms with van der Waals surface area (Å²) in [6.07, 6.45) is 11.6. The van der Waals surface area contributed by atoms with Crippen molar-refractivity contribution in [3.63, 3.8) is 0 Å². The molecule has 6 atom stereocenters. The van der Waals surface area contributed by atoms with Gasteiger partial charge in [0.15, 0.2) is 0 Å². The van der Waals surface area contributed by atoms with Crippen LogP contribution in [0.2, 0.25) is 0 Å². The van der Waals surface area contributed by atoms with Crippen molar-refractivity contribution in [2.75, 3.05) is 13.7 Å². The van der Waals surface area contributed by atoms with Crippen molar-refractivity contribution in [2.24, 2.45) is 11.8 Å². The zero-order valence-electron chi connectivity index (χ0n) is 27.0. The molecule has 5 rings (SSSR count). The second kappa shape index (κ2) is 13.9. The molecule has 2 saturated heterocycles. The van der Waals surface area contributed by atoms with E-state index >= 15 is 0 Å². The molecule has 4 fully saturated rings. The number of nitrogens with zero attached hydrogens (tertiary/aromatic N) is 2. The van der Waals surface area contributed by atoms with Crippen LogP contribution in [0, 0.1) is 11.8 Å². The fourth-order valence-electron chi connectivity index (χ4n) is 7.15. The van der Waals surface area contributed by atoms with Crippen molar-refractivity contribution in [3.05, 3.63) is 12.2 Å². The van der Waals surface area contributed by atoms with Gasteiger partial charge in [0.2, 0.25) is 11.8 Å². The summed E-state index contributed by atoms with van der Waals surface area (Å²) >= 11 is 0. The van der Waals surface area contributed by atoms with E-state index in [0.717, 1.165) is 44.9 Å². The van der Waals surface area contributed by atoms with Gasteiger partial charge in [-0.15, -0.1) is 0 Å². The van der Waals surface area contributed by atoms with E-state index in [2.05, 4.69) is 27.0 Å². The highest BCUT2D eigenvalue weighted by Crippen LogP contribution is 2.45. The number of ether oxygens (including phenoxy) is 2. The molecule has 45 heavy (non-hydrogen) atoms. The topological polar surface area (TPSA) is 174 Å². The number of allylic oxidation sites excluding steroid dienone is 1. The monoisotopic (exact) mass is 633 g/mol. The Hall–Kier alpha value is -2.78. The summed E-state index contributed by atoms with van der Waals surface area (Å²) in [6.45, 7) is 5.48. The highest BCUT2D eigenvalue weighted by Gasteiger charge is 2.61. The van der Waals surface area contributed by atoms with Gasteiger partial charge in [-0.25, -0.2) is 20.4 Å². The van der Waals surface area contributed by atoms with Crippen LogP contribution in [0.3, 0.4) is 0 Å². The number of hydrogen-bond acceptors (Lipinski definition) is 10. The van der Waals surface area contributed by atoms with Gasteiger partial charge >= 0.3 is 12.1 Å². The molecule has 5 aliphatic rings. The second-order valence-electron chi connectivity index (χ2n) is 14.2. The van der Waals surface area contributed by atoms with E-state index in [0.29, 0.717) is 25.2 Å². The van der Waals surface area contributed by atoms with Gasteiger partial charge in [0.25, 0.3) is 0 Å². The van der Waals surface area contributed by atoms with Crippen LogP contribution in [0.4, 0.5) is 4.79 Å². The average molecular weight is 634 g/mol. The standard InChI is InChI=1S/C31H51N7O7/c1-30(2,3)45-29(43)32-23-11-9-7-5-6-8-10-20-17-31(20,28(41)42)33-26(39)24-16-21(18-37(24)27(23)40)38-35-25(34-36-38)19-12-14-22(44-4)15-13-19/h8,10,19-25,34-36H,5-7,9,11-18H2,1-4H3,(H,32,43)(H,33,39)(H,41,42)/b10-8-/t19?,20-,21-,22?,23+,24+,25?,31-/m1/s1. The molecular weight excluding hydrogens is 582 g/mol. The minimum atomic E-state index is -1.38. The molecule has 252 valence electrons. The van der Waals surface area contributed by atoms with Gasteiger partial charge in [-0.2, -0.15) is 10.7 Å². The summed E-state index contributed by atoms with van der Waals surface area (Å²) in [7, 11) is 1.75. The highest BCUT2D eigenvalue weighted by molar-refractivity contribution is 5.96. The molecule has 0 aromatic carbocycles. The maximum absolute atomic E-state index is 14.2. The smallest absolute Gasteiger partial charge is 0.408 e. The van der Waals surface area contributed by atoms with E-state index < -0.39 is 41.2 Å². The van der Waals surface area contributed by atoms with E-state index in [9.17, 15) is 24.3 Å². The number of alkyl carbamates (subject to hydrolysis) is 1. The molecule has 2 aliphatic carbocycles. The first-order valence-corrected chi connectivity index (χ1v) is 16.5. The molecule has 14 heteroatoms. The van der Waals surface area contributed by atoms with Gasteiger partial charge in [-0.1, -0.05) is 25.0 Å². The summed E-state index contributed by atoms with van der Waals surface area (Å²) in [5.41, 5.74) is 7.89. The van der Waals surface area contributed by atoms with Crippen LogP contribution in [0.1, 0.15) is 91.4 Å². The number of carbonyl (C=O) groups is 4. The van der Waals surface area contributed by atoms with Crippen molar-refractivity contribution in [3.8, 4) is 0 Å². The Labute approximate surface area is 265 Å². The maximum Gasteiger partial charge on any atom is 0.408 e. The average Bonchev–Trinajstić information content (AvgIpc) is 3.31. The third kappa shape index (κ3) is 7.97. The van der Waals surface area contributed by atoms with E-state index in [1.807, 2.05) is 17.3 Å². The summed E-state index contributed by atoms with van der Waals surface area (Å²) in [4.78, 5) is 54.8. The van der Waals surface area contributed by atoms with E-state index in [-0.39, 0.29) is 43.1 Å². The fourth-order valence-corrected chi connectivity index (χ4v) is 7.15. The Morgan fingerprint density at radius 1 is 1.09 bits per heavy atom. The zero-order chi connectivity index (χ0) is 32.4. The molecule has 3 heterocycles. The minimum Gasteiger partial charge on any atom is -0.479 e.